The average molecular weight is 627 g/mol. The molecule has 2 aliphatic carbocycles. The number of carboxylic acids is 1. The molecule has 0 bridgehead atoms. The zero-order chi connectivity index (χ0) is 32.3. The molecule has 11 heteroatoms. The number of carbonyl (C=O) groups excluding carboxylic acids is 3. The molecule has 3 atom stereocenters. The molecule has 3 fully saturated rings. The molecule has 2 saturated carbocycles. The SMILES string of the molecule is CC(C)(C)OC(=O)NC(CF)C1CCC(C(=O)N2CC[C@@H](C3CCCCC3)[C@H]2C(=O)Nc2ccc3[nH]c(C(=O)O)cc3c2)CC1. The van der Waals surface area contributed by atoms with Gasteiger partial charge in [-0.05, 0) is 94.9 Å². The number of benzene rings is 1. The number of fused-ring (bicyclic) bond motifs is 1. The van der Waals surface area contributed by atoms with Gasteiger partial charge >= 0.3 is 12.1 Å². The molecule has 1 aliphatic heterocycles. The summed E-state index contributed by atoms with van der Waals surface area (Å²) in [5.74, 6) is -1.17. The average Bonchev–Trinajstić information content (AvgIpc) is 3.64. The number of anilines is 1. The van der Waals surface area contributed by atoms with Crippen molar-refractivity contribution in [2.45, 2.75) is 103 Å². The Morgan fingerprint density at radius 3 is 2.38 bits per heavy atom. The maximum absolute atomic E-state index is 14.0. The van der Waals surface area contributed by atoms with Crippen LogP contribution in [0.25, 0.3) is 10.9 Å². The number of rotatable bonds is 8. The van der Waals surface area contributed by atoms with E-state index in [1.54, 1.807) is 43.9 Å². The van der Waals surface area contributed by atoms with Gasteiger partial charge in [-0.1, -0.05) is 32.1 Å². The van der Waals surface area contributed by atoms with E-state index in [2.05, 4.69) is 15.6 Å². The number of alkyl carbamates (subject to hydrolysis) is 1. The third-order valence-corrected chi connectivity index (χ3v) is 9.93. The van der Waals surface area contributed by atoms with Crippen molar-refractivity contribution in [1.29, 1.82) is 0 Å². The van der Waals surface area contributed by atoms with Gasteiger partial charge < -0.3 is 30.4 Å². The minimum atomic E-state index is -1.05. The van der Waals surface area contributed by atoms with Crippen molar-refractivity contribution in [2.75, 3.05) is 18.5 Å². The summed E-state index contributed by atoms with van der Waals surface area (Å²) in [6.45, 7) is 5.11. The zero-order valence-corrected chi connectivity index (χ0v) is 26.6. The number of carboxylic acid groups (broad SMARTS) is 1. The fourth-order valence-electron chi connectivity index (χ4n) is 7.74. The van der Waals surface area contributed by atoms with Crippen LogP contribution in [0.1, 0.15) is 95.5 Å². The monoisotopic (exact) mass is 626 g/mol. The molecule has 0 radical (unpaired) electrons. The molecule has 1 aromatic carbocycles. The third-order valence-electron chi connectivity index (χ3n) is 9.93. The van der Waals surface area contributed by atoms with Gasteiger partial charge in [-0.3, -0.25) is 9.59 Å². The van der Waals surface area contributed by atoms with E-state index in [0.717, 1.165) is 32.1 Å². The van der Waals surface area contributed by atoms with Crippen molar-refractivity contribution in [3.8, 4) is 0 Å². The van der Waals surface area contributed by atoms with Crippen LogP contribution >= 0.6 is 0 Å². The Morgan fingerprint density at radius 2 is 1.73 bits per heavy atom. The van der Waals surface area contributed by atoms with Gasteiger partial charge in [0.25, 0.3) is 0 Å². The molecule has 1 unspecified atom stereocenters. The van der Waals surface area contributed by atoms with Gasteiger partial charge in [0, 0.05) is 29.1 Å². The van der Waals surface area contributed by atoms with E-state index in [0.29, 0.717) is 54.7 Å². The summed E-state index contributed by atoms with van der Waals surface area (Å²) in [4.78, 5) is 56.4. The summed E-state index contributed by atoms with van der Waals surface area (Å²) in [5, 5.41) is 15.7. The van der Waals surface area contributed by atoms with E-state index >= 15 is 0 Å². The van der Waals surface area contributed by atoms with Crippen molar-refractivity contribution >= 4 is 40.5 Å². The van der Waals surface area contributed by atoms with Crippen LogP contribution in [0.15, 0.2) is 24.3 Å². The highest BCUT2D eigenvalue weighted by atomic mass is 19.1. The van der Waals surface area contributed by atoms with Gasteiger partial charge in [-0.15, -0.1) is 0 Å². The van der Waals surface area contributed by atoms with Crippen molar-refractivity contribution in [3.05, 3.63) is 30.0 Å². The lowest BCUT2D eigenvalue weighted by atomic mass is 9.76. The number of aromatic nitrogens is 1. The Hall–Kier alpha value is -3.63. The molecule has 2 aromatic rings. The normalized spacial score (nSPS) is 25.1. The summed E-state index contributed by atoms with van der Waals surface area (Å²) in [6.07, 6.45) is 8.09. The third kappa shape index (κ3) is 7.79. The van der Waals surface area contributed by atoms with Gasteiger partial charge in [-0.25, -0.2) is 14.0 Å². The molecule has 246 valence electrons. The number of alkyl halides is 1. The van der Waals surface area contributed by atoms with Gasteiger partial charge in [0.15, 0.2) is 0 Å². The van der Waals surface area contributed by atoms with Crippen molar-refractivity contribution in [1.82, 2.24) is 15.2 Å². The fraction of sp³-hybridized carbons (Fsp3) is 0.647. The minimum absolute atomic E-state index is 0.0176. The maximum Gasteiger partial charge on any atom is 0.407 e. The lowest BCUT2D eigenvalue weighted by Crippen LogP contribution is -2.50. The molecule has 2 heterocycles. The first-order chi connectivity index (χ1) is 21.4. The smallest absolute Gasteiger partial charge is 0.407 e. The number of aromatic carboxylic acids is 1. The van der Waals surface area contributed by atoms with E-state index in [9.17, 15) is 28.7 Å². The molecule has 1 saturated heterocycles. The van der Waals surface area contributed by atoms with Crippen LogP contribution in [-0.4, -0.2) is 69.8 Å². The number of nitrogens with zero attached hydrogens (tertiary/aromatic N) is 1. The van der Waals surface area contributed by atoms with E-state index in [4.69, 9.17) is 4.74 Å². The predicted octanol–water partition coefficient (Wildman–Crippen LogP) is 6.27. The molecule has 45 heavy (non-hydrogen) atoms. The van der Waals surface area contributed by atoms with Crippen molar-refractivity contribution in [3.63, 3.8) is 0 Å². The lowest BCUT2D eigenvalue weighted by molar-refractivity contribution is -0.142. The summed E-state index contributed by atoms with van der Waals surface area (Å²) in [6, 6.07) is 5.53. The molecule has 5 rings (SSSR count). The molecule has 0 spiro atoms. The van der Waals surface area contributed by atoms with Gasteiger partial charge in [0.1, 0.15) is 24.0 Å². The quantitative estimate of drug-likeness (QED) is 0.272. The van der Waals surface area contributed by atoms with Crippen molar-refractivity contribution < 1.29 is 33.4 Å². The van der Waals surface area contributed by atoms with Crippen molar-refractivity contribution in [2.24, 2.45) is 23.7 Å². The van der Waals surface area contributed by atoms with E-state index < -0.39 is 36.4 Å². The van der Waals surface area contributed by atoms with Gasteiger partial charge in [0.05, 0.1) is 6.04 Å². The second kappa shape index (κ2) is 13.8. The van der Waals surface area contributed by atoms with Crippen LogP contribution in [0.5, 0.6) is 0 Å². The number of likely N-dealkylation sites (tertiary alicyclic amines) is 1. The molecule has 4 N–H and O–H groups in total. The molecule has 10 nitrogen and oxygen atoms in total. The number of nitrogens with one attached hydrogen (secondary N) is 3. The van der Waals surface area contributed by atoms with Gasteiger partial charge in [0.2, 0.25) is 11.8 Å². The Labute approximate surface area is 263 Å². The number of halogens is 1. The highest BCUT2D eigenvalue weighted by molar-refractivity contribution is 6.00. The van der Waals surface area contributed by atoms with E-state index in [1.807, 2.05) is 0 Å². The number of ether oxygens (including phenoxy) is 1. The second-order valence-electron chi connectivity index (χ2n) is 14.1. The standard InChI is InChI=1S/C34H47FN4O6/c1-34(2,3)45-33(44)38-28(19-35)21-9-11-22(12-10-21)31(41)39-16-15-25(20-7-5-4-6-8-20)29(39)30(40)36-24-13-14-26-23(17-24)18-27(37-26)32(42)43/h13-14,17-18,20-22,25,28-29,37H,4-12,15-16,19H2,1-3H3,(H,36,40)(H,38,44)(H,42,43)/t21?,22?,25-,28?,29-/m0/s1. The summed E-state index contributed by atoms with van der Waals surface area (Å²) in [5.41, 5.74) is 0.615. The number of aromatic amines is 1. The predicted molar refractivity (Wildman–Crippen MR) is 169 cm³/mol. The van der Waals surface area contributed by atoms with Crippen LogP contribution in [0.3, 0.4) is 0 Å². The topological polar surface area (TPSA) is 141 Å². The Balaban J connectivity index is 1.27. The first-order valence-electron chi connectivity index (χ1n) is 16.5. The Kier molecular flexibility index (Phi) is 10.0. The number of hydrogen-bond acceptors (Lipinski definition) is 5. The zero-order valence-electron chi connectivity index (χ0n) is 26.6. The highest BCUT2D eigenvalue weighted by Gasteiger charge is 2.47. The van der Waals surface area contributed by atoms with Crippen LogP contribution in [0.4, 0.5) is 14.9 Å². The van der Waals surface area contributed by atoms with Crippen LogP contribution in [-0.2, 0) is 14.3 Å². The number of H-pyrrole nitrogens is 1. The van der Waals surface area contributed by atoms with Gasteiger partial charge in [-0.2, -0.15) is 0 Å². The Morgan fingerprint density at radius 1 is 1.02 bits per heavy atom. The van der Waals surface area contributed by atoms with Crippen LogP contribution in [0.2, 0.25) is 0 Å². The first-order valence-corrected chi connectivity index (χ1v) is 16.5. The van der Waals surface area contributed by atoms with Crippen LogP contribution < -0.4 is 10.6 Å². The second-order valence-corrected chi connectivity index (χ2v) is 14.1. The minimum Gasteiger partial charge on any atom is -0.477 e. The van der Waals surface area contributed by atoms with E-state index in [1.165, 1.54) is 12.5 Å². The number of hydrogen-bond donors (Lipinski definition) is 4. The Bertz CT molecular complexity index is 1390. The number of carbonyl (C=O) groups is 4. The summed E-state index contributed by atoms with van der Waals surface area (Å²) in [7, 11) is 0. The number of amides is 3. The molecular formula is C34H47FN4O6. The molecular weight excluding hydrogens is 579 g/mol. The van der Waals surface area contributed by atoms with E-state index in [-0.39, 0.29) is 35.3 Å². The molecule has 3 amide bonds. The largest absolute Gasteiger partial charge is 0.477 e. The van der Waals surface area contributed by atoms with Crippen LogP contribution in [0, 0.1) is 23.7 Å². The first kappa shape index (κ1) is 32.8. The highest BCUT2D eigenvalue weighted by Crippen LogP contribution is 2.41. The summed E-state index contributed by atoms with van der Waals surface area (Å²) < 4.78 is 19.3. The fourth-order valence-corrected chi connectivity index (χ4v) is 7.74. The summed E-state index contributed by atoms with van der Waals surface area (Å²) >= 11 is 0. The molecule has 3 aliphatic rings. The molecule has 1 aromatic heterocycles. The maximum atomic E-state index is 14.0. The lowest BCUT2D eigenvalue weighted by Gasteiger charge is -2.37.